The van der Waals surface area contributed by atoms with Gasteiger partial charge in [0.25, 0.3) is 0 Å². The second kappa shape index (κ2) is 6.01. The zero-order valence-electron chi connectivity index (χ0n) is 12.8. The molecule has 116 valence electrons. The number of para-hydroxylation sites is 1. The number of nitrogens with zero attached hydrogens (tertiary/aromatic N) is 2. The van der Waals surface area contributed by atoms with E-state index in [0.29, 0.717) is 17.1 Å². The predicted octanol–water partition coefficient (Wildman–Crippen LogP) is 4.79. The lowest BCUT2D eigenvalue weighted by molar-refractivity contribution is 0.460. The van der Waals surface area contributed by atoms with Crippen LogP contribution in [-0.4, -0.2) is 15.1 Å². The maximum Gasteiger partial charge on any atom is 0.219 e. The molecule has 24 heavy (non-hydrogen) atoms. The van der Waals surface area contributed by atoms with Gasteiger partial charge in [-0.05, 0) is 36.4 Å². The second-order valence-electron chi connectivity index (χ2n) is 5.34. The van der Waals surface area contributed by atoms with Crippen molar-refractivity contribution in [2.45, 2.75) is 0 Å². The Labute approximate surface area is 139 Å². The first-order valence-electron chi connectivity index (χ1n) is 7.58. The van der Waals surface area contributed by atoms with Crippen LogP contribution in [0.5, 0.6) is 17.4 Å². The van der Waals surface area contributed by atoms with E-state index in [1.165, 1.54) is 0 Å². The zero-order chi connectivity index (χ0) is 16.4. The van der Waals surface area contributed by atoms with Crippen molar-refractivity contribution in [2.75, 3.05) is 0 Å². The molecule has 1 N–H and O–H groups in total. The van der Waals surface area contributed by atoms with Crippen LogP contribution in [0.15, 0.2) is 79.0 Å². The molecule has 0 spiro atoms. The van der Waals surface area contributed by atoms with Gasteiger partial charge in [0.1, 0.15) is 17.0 Å². The first-order chi connectivity index (χ1) is 11.8. The van der Waals surface area contributed by atoms with Crippen molar-refractivity contribution in [3.8, 4) is 28.6 Å². The maximum atomic E-state index is 9.93. The highest BCUT2D eigenvalue weighted by atomic mass is 16.5. The van der Waals surface area contributed by atoms with E-state index in [9.17, 15) is 5.11 Å². The number of aromatic hydroxyl groups is 1. The van der Waals surface area contributed by atoms with E-state index in [4.69, 9.17) is 4.74 Å². The maximum absolute atomic E-state index is 9.93. The summed E-state index contributed by atoms with van der Waals surface area (Å²) in [7, 11) is 0. The van der Waals surface area contributed by atoms with Crippen LogP contribution in [0.2, 0.25) is 0 Å². The number of phenolic OH excluding ortho intramolecular Hbond substituents is 1. The number of benzene rings is 2. The fraction of sp³-hybridized carbons (Fsp3) is 0. The van der Waals surface area contributed by atoms with Gasteiger partial charge in [0.2, 0.25) is 5.88 Å². The Morgan fingerprint density at radius 1 is 0.833 bits per heavy atom. The number of fused-ring (bicyclic) bond motifs is 1. The average molecular weight is 314 g/mol. The number of phenols is 1. The predicted molar refractivity (Wildman–Crippen MR) is 93.2 cm³/mol. The molecule has 0 aliphatic rings. The van der Waals surface area contributed by atoms with Crippen molar-refractivity contribution in [1.29, 1.82) is 0 Å². The summed E-state index contributed by atoms with van der Waals surface area (Å²) < 4.78 is 5.85. The van der Waals surface area contributed by atoms with E-state index >= 15 is 0 Å². The lowest BCUT2D eigenvalue weighted by Crippen LogP contribution is -1.90. The highest BCUT2D eigenvalue weighted by molar-refractivity contribution is 5.84. The Kier molecular flexibility index (Phi) is 3.56. The summed E-state index contributed by atoms with van der Waals surface area (Å²) in [5.41, 5.74) is 2.37. The molecule has 2 aromatic heterocycles. The van der Waals surface area contributed by atoms with Gasteiger partial charge in [-0.15, -0.1) is 0 Å². The Morgan fingerprint density at radius 3 is 2.62 bits per heavy atom. The standard InChI is InChI=1S/C20H14N2O2/c23-18-9-4-5-14-10-11-19(22-20(14)18)24-16-7-3-6-15(13-16)17-8-1-2-12-21-17/h1-13,23H. The van der Waals surface area contributed by atoms with Crippen molar-refractivity contribution >= 4 is 10.9 Å². The number of hydrogen-bond donors (Lipinski definition) is 1. The fourth-order valence-electron chi connectivity index (χ4n) is 2.54. The summed E-state index contributed by atoms with van der Waals surface area (Å²) in [6, 6.07) is 22.4. The van der Waals surface area contributed by atoms with Crippen LogP contribution >= 0.6 is 0 Å². The lowest BCUT2D eigenvalue weighted by Gasteiger charge is -2.08. The van der Waals surface area contributed by atoms with Crippen molar-refractivity contribution in [2.24, 2.45) is 0 Å². The van der Waals surface area contributed by atoms with Crippen LogP contribution in [0.3, 0.4) is 0 Å². The van der Waals surface area contributed by atoms with E-state index in [1.807, 2.05) is 54.6 Å². The van der Waals surface area contributed by atoms with Crippen LogP contribution < -0.4 is 4.74 Å². The van der Waals surface area contributed by atoms with Crippen molar-refractivity contribution in [1.82, 2.24) is 9.97 Å². The summed E-state index contributed by atoms with van der Waals surface area (Å²) in [5.74, 6) is 1.24. The monoisotopic (exact) mass is 314 g/mol. The summed E-state index contributed by atoms with van der Waals surface area (Å²) in [5, 5.41) is 10.8. The molecule has 4 nitrogen and oxygen atoms in total. The normalized spacial score (nSPS) is 10.7. The fourth-order valence-corrected chi connectivity index (χ4v) is 2.54. The van der Waals surface area contributed by atoms with Gasteiger partial charge in [0.05, 0.1) is 5.69 Å². The molecule has 4 rings (SSSR count). The van der Waals surface area contributed by atoms with E-state index < -0.39 is 0 Å². The van der Waals surface area contributed by atoms with Crippen molar-refractivity contribution in [3.05, 3.63) is 79.0 Å². The molecule has 0 fully saturated rings. The third-order valence-corrected chi connectivity index (χ3v) is 3.69. The largest absolute Gasteiger partial charge is 0.506 e. The summed E-state index contributed by atoms with van der Waals surface area (Å²) in [4.78, 5) is 8.73. The Bertz CT molecular complexity index is 1000. The van der Waals surface area contributed by atoms with Crippen molar-refractivity contribution in [3.63, 3.8) is 0 Å². The molecule has 0 unspecified atom stereocenters. The second-order valence-corrected chi connectivity index (χ2v) is 5.34. The smallest absolute Gasteiger partial charge is 0.219 e. The molecule has 0 amide bonds. The molecular weight excluding hydrogens is 300 g/mol. The minimum Gasteiger partial charge on any atom is -0.506 e. The number of rotatable bonds is 3. The number of aromatic nitrogens is 2. The van der Waals surface area contributed by atoms with E-state index in [-0.39, 0.29) is 5.75 Å². The number of hydrogen-bond acceptors (Lipinski definition) is 4. The molecule has 2 aromatic carbocycles. The van der Waals surface area contributed by atoms with Crippen LogP contribution in [0.25, 0.3) is 22.2 Å². The minimum absolute atomic E-state index is 0.139. The first-order valence-corrected chi connectivity index (χ1v) is 7.58. The Balaban J connectivity index is 1.67. The summed E-state index contributed by atoms with van der Waals surface area (Å²) >= 11 is 0. The van der Waals surface area contributed by atoms with Gasteiger partial charge in [-0.3, -0.25) is 4.98 Å². The van der Waals surface area contributed by atoms with Gasteiger partial charge < -0.3 is 9.84 Å². The van der Waals surface area contributed by atoms with E-state index in [2.05, 4.69) is 9.97 Å². The first kappa shape index (κ1) is 14.2. The third-order valence-electron chi connectivity index (χ3n) is 3.69. The quantitative estimate of drug-likeness (QED) is 0.590. The van der Waals surface area contributed by atoms with Gasteiger partial charge >= 0.3 is 0 Å². The highest BCUT2D eigenvalue weighted by Gasteiger charge is 2.06. The Morgan fingerprint density at radius 2 is 1.75 bits per heavy atom. The Hall–Kier alpha value is -3.40. The molecule has 0 aliphatic heterocycles. The molecule has 0 saturated carbocycles. The highest BCUT2D eigenvalue weighted by Crippen LogP contribution is 2.29. The van der Waals surface area contributed by atoms with Crippen LogP contribution in [0.1, 0.15) is 0 Å². The topological polar surface area (TPSA) is 55.2 Å². The van der Waals surface area contributed by atoms with E-state index in [1.54, 1.807) is 24.4 Å². The van der Waals surface area contributed by atoms with Gasteiger partial charge in [0.15, 0.2) is 0 Å². The summed E-state index contributed by atoms with van der Waals surface area (Å²) in [6.45, 7) is 0. The van der Waals surface area contributed by atoms with Crippen LogP contribution in [0.4, 0.5) is 0 Å². The SMILES string of the molecule is Oc1cccc2ccc(Oc3cccc(-c4ccccn4)c3)nc12. The molecule has 2 heterocycles. The van der Waals surface area contributed by atoms with Crippen LogP contribution in [0, 0.1) is 0 Å². The summed E-state index contributed by atoms with van der Waals surface area (Å²) in [6.07, 6.45) is 1.76. The minimum atomic E-state index is 0.139. The third kappa shape index (κ3) is 2.77. The van der Waals surface area contributed by atoms with Crippen molar-refractivity contribution < 1.29 is 9.84 Å². The molecule has 0 aliphatic carbocycles. The number of ether oxygens (including phenoxy) is 1. The molecule has 0 radical (unpaired) electrons. The van der Waals surface area contributed by atoms with Gasteiger partial charge in [0, 0.05) is 23.2 Å². The molecule has 0 bridgehead atoms. The molecule has 4 aromatic rings. The average Bonchev–Trinajstić information content (AvgIpc) is 2.63. The molecule has 0 atom stereocenters. The van der Waals surface area contributed by atoms with E-state index in [0.717, 1.165) is 16.6 Å². The van der Waals surface area contributed by atoms with Gasteiger partial charge in [-0.25, -0.2) is 4.98 Å². The molecule has 0 saturated heterocycles. The van der Waals surface area contributed by atoms with Crippen LogP contribution in [-0.2, 0) is 0 Å². The van der Waals surface area contributed by atoms with Gasteiger partial charge in [-0.2, -0.15) is 0 Å². The van der Waals surface area contributed by atoms with Gasteiger partial charge in [-0.1, -0.05) is 30.3 Å². The molecule has 4 heteroatoms. The molecular formula is C20H14N2O2. The number of pyridine rings is 2. The lowest BCUT2D eigenvalue weighted by atomic mass is 10.1. The zero-order valence-corrected chi connectivity index (χ0v) is 12.8.